The van der Waals surface area contributed by atoms with Crippen molar-refractivity contribution in [1.82, 2.24) is 10.2 Å². The van der Waals surface area contributed by atoms with Gasteiger partial charge in [-0.2, -0.15) is 0 Å². The minimum Gasteiger partial charge on any atom is -0.305 e. The molecule has 0 radical (unpaired) electrons. The smallest absolute Gasteiger partial charge is 0.0285 e. The molecule has 1 atom stereocenters. The molecule has 12 heavy (non-hydrogen) atoms. The summed E-state index contributed by atoms with van der Waals surface area (Å²) in [5, 5.41) is 3.66. The van der Waals surface area contributed by atoms with Crippen LogP contribution in [0.4, 0.5) is 0 Å². The zero-order valence-electron chi connectivity index (χ0n) is 9.23. The first-order valence-electron chi connectivity index (χ1n) is 4.70. The maximum Gasteiger partial charge on any atom is 0.0285 e. The zero-order valence-corrected chi connectivity index (χ0v) is 9.23. The van der Waals surface area contributed by atoms with Crippen LogP contribution in [-0.4, -0.2) is 36.1 Å². The predicted octanol–water partition coefficient (Wildman–Crippen LogP) is 1.47. The highest BCUT2D eigenvalue weighted by Gasteiger charge is 2.44. The normalized spacial score (nSPS) is 32.8. The quantitative estimate of drug-likeness (QED) is 0.641. The minimum atomic E-state index is 0.243. The van der Waals surface area contributed by atoms with Crippen LogP contribution in [0.25, 0.3) is 0 Å². The maximum atomic E-state index is 3.66. The van der Waals surface area contributed by atoms with Crippen LogP contribution in [0, 0.1) is 0 Å². The van der Waals surface area contributed by atoms with Gasteiger partial charge in [-0.3, -0.25) is 0 Å². The van der Waals surface area contributed by atoms with E-state index in [2.05, 4.69) is 52.0 Å². The average Bonchev–Trinajstić information content (AvgIpc) is 1.99. The van der Waals surface area contributed by atoms with Gasteiger partial charge in [0.1, 0.15) is 0 Å². The highest BCUT2D eigenvalue weighted by molar-refractivity contribution is 5.06. The number of hydrogen-bond donors (Lipinski definition) is 1. The van der Waals surface area contributed by atoms with Gasteiger partial charge in [0, 0.05) is 17.1 Å². The fourth-order valence-electron chi connectivity index (χ4n) is 2.57. The summed E-state index contributed by atoms with van der Waals surface area (Å²) in [5.74, 6) is 0. The molecule has 0 amide bonds. The summed E-state index contributed by atoms with van der Waals surface area (Å²) in [5.41, 5.74) is 0.533. The molecule has 0 aromatic rings. The van der Waals surface area contributed by atoms with Gasteiger partial charge in [0.25, 0.3) is 0 Å². The molecule has 1 aliphatic rings. The van der Waals surface area contributed by atoms with Crippen LogP contribution in [0.5, 0.6) is 0 Å². The Bertz CT molecular complexity index is 171. The molecule has 0 bridgehead atoms. The second-order valence-electron chi connectivity index (χ2n) is 5.41. The van der Waals surface area contributed by atoms with E-state index >= 15 is 0 Å². The molecule has 0 spiro atoms. The van der Waals surface area contributed by atoms with E-state index in [4.69, 9.17) is 0 Å². The van der Waals surface area contributed by atoms with Gasteiger partial charge in [0.15, 0.2) is 0 Å². The SMILES string of the molecule is CN(C)C1CC(C)(C)NC1(C)C. The Morgan fingerprint density at radius 1 is 1.17 bits per heavy atom. The molecule has 1 N–H and O–H groups in total. The first kappa shape index (κ1) is 10.0. The first-order chi connectivity index (χ1) is 5.25. The number of nitrogens with zero attached hydrogens (tertiary/aromatic N) is 1. The second kappa shape index (κ2) is 2.71. The van der Waals surface area contributed by atoms with Crippen molar-refractivity contribution in [1.29, 1.82) is 0 Å². The second-order valence-corrected chi connectivity index (χ2v) is 5.41. The molecular weight excluding hydrogens is 148 g/mol. The molecule has 1 heterocycles. The number of nitrogens with one attached hydrogen (secondary N) is 1. The van der Waals surface area contributed by atoms with Gasteiger partial charge in [-0.1, -0.05) is 0 Å². The van der Waals surface area contributed by atoms with Gasteiger partial charge in [-0.25, -0.2) is 0 Å². The van der Waals surface area contributed by atoms with E-state index in [1.54, 1.807) is 0 Å². The van der Waals surface area contributed by atoms with Crippen LogP contribution < -0.4 is 5.32 Å². The van der Waals surface area contributed by atoms with Crippen LogP contribution >= 0.6 is 0 Å². The van der Waals surface area contributed by atoms with Crippen molar-refractivity contribution in [3.63, 3.8) is 0 Å². The largest absolute Gasteiger partial charge is 0.305 e. The molecule has 1 aliphatic heterocycles. The molecule has 0 aromatic carbocycles. The molecule has 72 valence electrons. The van der Waals surface area contributed by atoms with Gasteiger partial charge >= 0.3 is 0 Å². The van der Waals surface area contributed by atoms with E-state index in [0.29, 0.717) is 11.6 Å². The zero-order chi connectivity index (χ0) is 9.57. The molecule has 2 heteroatoms. The number of hydrogen-bond acceptors (Lipinski definition) is 2. The maximum absolute atomic E-state index is 3.66. The van der Waals surface area contributed by atoms with E-state index < -0.39 is 0 Å². The minimum absolute atomic E-state index is 0.243. The molecule has 1 unspecified atom stereocenters. The van der Waals surface area contributed by atoms with Crippen molar-refractivity contribution in [3.05, 3.63) is 0 Å². The summed E-state index contributed by atoms with van der Waals surface area (Å²) in [6.45, 7) is 9.12. The van der Waals surface area contributed by atoms with E-state index in [1.165, 1.54) is 6.42 Å². The Morgan fingerprint density at radius 2 is 1.67 bits per heavy atom. The lowest BCUT2D eigenvalue weighted by Gasteiger charge is -2.32. The van der Waals surface area contributed by atoms with E-state index in [0.717, 1.165) is 0 Å². The Labute approximate surface area is 76.3 Å². The number of likely N-dealkylation sites (N-methyl/N-ethyl adjacent to an activating group) is 1. The van der Waals surface area contributed by atoms with Crippen molar-refractivity contribution >= 4 is 0 Å². The van der Waals surface area contributed by atoms with Crippen molar-refractivity contribution in [2.24, 2.45) is 0 Å². The molecule has 1 fully saturated rings. The van der Waals surface area contributed by atoms with E-state index in [-0.39, 0.29) is 5.54 Å². The molecule has 0 saturated carbocycles. The Balaban J connectivity index is 2.78. The van der Waals surface area contributed by atoms with Crippen LogP contribution in [0.1, 0.15) is 34.1 Å². The molecule has 2 nitrogen and oxygen atoms in total. The summed E-state index contributed by atoms with van der Waals surface area (Å²) < 4.78 is 0. The molecule has 0 aromatic heterocycles. The topological polar surface area (TPSA) is 15.3 Å². The van der Waals surface area contributed by atoms with Crippen molar-refractivity contribution in [3.8, 4) is 0 Å². The average molecular weight is 170 g/mol. The van der Waals surface area contributed by atoms with Gasteiger partial charge in [0.2, 0.25) is 0 Å². The monoisotopic (exact) mass is 170 g/mol. The summed E-state index contributed by atoms with van der Waals surface area (Å²) in [7, 11) is 4.32. The molecular formula is C10H22N2. The van der Waals surface area contributed by atoms with Crippen molar-refractivity contribution in [2.45, 2.75) is 51.2 Å². The van der Waals surface area contributed by atoms with Gasteiger partial charge in [-0.05, 0) is 48.2 Å². The first-order valence-corrected chi connectivity index (χ1v) is 4.70. The fraction of sp³-hybridized carbons (Fsp3) is 1.00. The summed E-state index contributed by atoms with van der Waals surface area (Å²) in [6, 6.07) is 0.646. The third-order valence-corrected chi connectivity index (χ3v) is 2.82. The predicted molar refractivity (Wildman–Crippen MR) is 53.4 cm³/mol. The van der Waals surface area contributed by atoms with Crippen molar-refractivity contribution in [2.75, 3.05) is 14.1 Å². The Kier molecular flexibility index (Phi) is 2.26. The van der Waals surface area contributed by atoms with Gasteiger partial charge in [-0.15, -0.1) is 0 Å². The van der Waals surface area contributed by atoms with Crippen LogP contribution in [0.15, 0.2) is 0 Å². The third kappa shape index (κ3) is 1.80. The highest BCUT2D eigenvalue weighted by Crippen LogP contribution is 2.32. The van der Waals surface area contributed by atoms with Crippen LogP contribution in [0.3, 0.4) is 0 Å². The Hall–Kier alpha value is -0.0800. The lowest BCUT2D eigenvalue weighted by atomic mass is 9.93. The van der Waals surface area contributed by atoms with Crippen molar-refractivity contribution < 1.29 is 0 Å². The summed E-state index contributed by atoms with van der Waals surface area (Å²) in [6.07, 6.45) is 1.23. The van der Waals surface area contributed by atoms with Crippen LogP contribution in [-0.2, 0) is 0 Å². The molecule has 1 rings (SSSR count). The lowest BCUT2D eigenvalue weighted by molar-refractivity contribution is 0.216. The molecule has 0 aliphatic carbocycles. The standard InChI is InChI=1S/C10H22N2/c1-9(2)7-8(12(5)6)10(3,4)11-9/h8,11H,7H2,1-6H3. The van der Waals surface area contributed by atoms with Gasteiger partial charge in [0.05, 0.1) is 0 Å². The van der Waals surface area contributed by atoms with Crippen LogP contribution in [0.2, 0.25) is 0 Å². The Morgan fingerprint density at radius 3 is 1.83 bits per heavy atom. The summed E-state index contributed by atoms with van der Waals surface area (Å²) in [4.78, 5) is 2.32. The number of rotatable bonds is 1. The lowest BCUT2D eigenvalue weighted by Crippen LogP contribution is -2.50. The summed E-state index contributed by atoms with van der Waals surface area (Å²) >= 11 is 0. The fourth-order valence-corrected chi connectivity index (χ4v) is 2.57. The highest BCUT2D eigenvalue weighted by atomic mass is 15.2. The van der Waals surface area contributed by atoms with E-state index in [9.17, 15) is 0 Å². The van der Waals surface area contributed by atoms with Gasteiger partial charge < -0.3 is 10.2 Å². The molecule has 1 saturated heterocycles. The van der Waals surface area contributed by atoms with E-state index in [1.807, 2.05) is 0 Å². The third-order valence-electron chi connectivity index (χ3n) is 2.82.